The van der Waals surface area contributed by atoms with Gasteiger partial charge in [-0.25, -0.2) is 0 Å². The van der Waals surface area contributed by atoms with Crippen LogP contribution in [0.2, 0.25) is 0 Å². The van der Waals surface area contributed by atoms with Crippen LogP contribution in [0, 0.1) is 0 Å². The number of ether oxygens (including phenoxy) is 4. The first-order valence-corrected chi connectivity index (χ1v) is 10.2. The van der Waals surface area contributed by atoms with Crippen molar-refractivity contribution in [3.05, 3.63) is 0 Å². The molecule has 0 aromatic carbocycles. The maximum atomic E-state index is 11.8. The molecular formula is C18H32N2O13. The number of hydrogen-bond donors (Lipinski definition) is 9. The number of aliphatic hydroxyl groups excluding tert-OH is 6. The smallest absolute Gasteiger partial charge is 0.323 e. The molecule has 0 spiro atoms. The molecule has 0 bridgehead atoms. The lowest BCUT2D eigenvalue weighted by Gasteiger charge is -2.47. The number of carbonyl (C=O) groups is 2. The number of carboxylic acids is 1. The van der Waals surface area contributed by atoms with Crippen LogP contribution in [0.25, 0.3) is 0 Å². The van der Waals surface area contributed by atoms with Gasteiger partial charge in [0.2, 0.25) is 5.91 Å². The molecule has 10 N–H and O–H groups in total. The molecule has 2 fully saturated rings. The molecule has 2 heterocycles. The average Bonchev–Trinajstić information content (AvgIpc) is 2.76. The van der Waals surface area contributed by atoms with Crippen molar-refractivity contribution in [3.63, 3.8) is 0 Å². The summed E-state index contributed by atoms with van der Waals surface area (Å²) in [6.45, 7) is 1.01. The van der Waals surface area contributed by atoms with Gasteiger partial charge in [0, 0.05) is 6.92 Å². The van der Waals surface area contributed by atoms with E-state index in [0.29, 0.717) is 0 Å². The SMILES string of the molecule is CC(=O)N[C@H]1[C@@H](O[C@@H](C)[C@H](N)C(=O)O)O[C@H](CO)[C@H](O)[C@@H]1O[C@@H]1O[C@H](CO)[C@H](O)[C@H](O)[C@H]1O. The van der Waals surface area contributed by atoms with Crippen molar-refractivity contribution in [2.45, 2.75) is 87.3 Å². The van der Waals surface area contributed by atoms with Crippen molar-refractivity contribution >= 4 is 11.9 Å². The molecule has 192 valence electrons. The summed E-state index contributed by atoms with van der Waals surface area (Å²) in [6.07, 6.45) is -15.3. The van der Waals surface area contributed by atoms with Crippen molar-refractivity contribution in [1.82, 2.24) is 5.32 Å². The fraction of sp³-hybridized carbons (Fsp3) is 0.889. The van der Waals surface area contributed by atoms with Crippen molar-refractivity contribution < 1.29 is 64.3 Å². The molecule has 1 amide bonds. The summed E-state index contributed by atoms with van der Waals surface area (Å²) in [4.78, 5) is 23.0. The first kappa shape index (κ1) is 27.7. The summed E-state index contributed by atoms with van der Waals surface area (Å²) in [5.74, 6) is -1.99. The van der Waals surface area contributed by atoms with Crippen molar-refractivity contribution in [2.75, 3.05) is 13.2 Å². The van der Waals surface area contributed by atoms with Gasteiger partial charge in [0.15, 0.2) is 12.6 Å². The van der Waals surface area contributed by atoms with Crippen molar-refractivity contribution in [1.29, 1.82) is 0 Å². The minimum absolute atomic E-state index is 0.621. The number of aliphatic carboxylic acids is 1. The predicted octanol–water partition coefficient (Wildman–Crippen LogP) is -5.43. The molecule has 0 radical (unpaired) electrons. The van der Waals surface area contributed by atoms with Gasteiger partial charge in [0.1, 0.15) is 54.8 Å². The number of hydrogen-bond acceptors (Lipinski definition) is 13. The van der Waals surface area contributed by atoms with Crippen LogP contribution < -0.4 is 11.1 Å². The Morgan fingerprint density at radius 2 is 1.52 bits per heavy atom. The second-order valence-electron chi connectivity index (χ2n) is 7.95. The normalized spacial score (nSPS) is 41.2. The summed E-state index contributed by atoms with van der Waals surface area (Å²) in [6, 6.07) is -2.80. The highest BCUT2D eigenvalue weighted by Crippen LogP contribution is 2.30. The van der Waals surface area contributed by atoms with Crippen molar-refractivity contribution in [3.8, 4) is 0 Å². The van der Waals surface area contributed by atoms with Gasteiger partial charge < -0.3 is 65.7 Å². The van der Waals surface area contributed by atoms with Gasteiger partial charge in [-0.1, -0.05) is 0 Å². The summed E-state index contributed by atoms with van der Waals surface area (Å²) < 4.78 is 22.0. The highest BCUT2D eigenvalue weighted by molar-refractivity contribution is 5.74. The first-order valence-electron chi connectivity index (χ1n) is 10.2. The van der Waals surface area contributed by atoms with Gasteiger partial charge in [-0.2, -0.15) is 0 Å². The number of carbonyl (C=O) groups excluding carboxylic acids is 1. The van der Waals surface area contributed by atoms with Crippen LogP contribution in [0.1, 0.15) is 13.8 Å². The van der Waals surface area contributed by atoms with Crippen LogP contribution in [0.3, 0.4) is 0 Å². The van der Waals surface area contributed by atoms with Crippen LogP contribution in [0.15, 0.2) is 0 Å². The molecule has 12 atom stereocenters. The van der Waals surface area contributed by atoms with Gasteiger partial charge in [-0.05, 0) is 6.92 Å². The number of nitrogens with two attached hydrogens (primary N) is 1. The van der Waals surface area contributed by atoms with Crippen LogP contribution >= 0.6 is 0 Å². The van der Waals surface area contributed by atoms with Crippen LogP contribution in [-0.2, 0) is 28.5 Å². The molecule has 2 rings (SSSR count). The van der Waals surface area contributed by atoms with Crippen LogP contribution in [-0.4, -0.2) is 134 Å². The summed E-state index contributed by atoms with van der Waals surface area (Å²) in [5.41, 5.74) is 5.55. The zero-order valence-electron chi connectivity index (χ0n) is 18.0. The third-order valence-electron chi connectivity index (χ3n) is 5.50. The van der Waals surface area contributed by atoms with E-state index in [1.165, 1.54) is 6.92 Å². The summed E-state index contributed by atoms with van der Waals surface area (Å²) in [5, 5.41) is 71.4. The van der Waals surface area contributed by atoms with E-state index in [1.54, 1.807) is 0 Å². The molecule has 2 saturated heterocycles. The molecule has 15 heteroatoms. The fourth-order valence-corrected chi connectivity index (χ4v) is 3.57. The standard InChI is InChI=1S/C18H32N2O13/c1-5(9(19)16(28)29)30-17-10(20-6(2)23)15(12(25)8(4-22)31-17)33-18-14(27)13(26)11(24)7(3-21)32-18/h5,7-15,17-18,21-22,24-27H,3-4,19H2,1-2H3,(H,20,23)(H,28,29)/t5-,7+,8+,9-,10+,11-,12-,13-,14+,15+,17-,18-/m0/s1. The van der Waals surface area contributed by atoms with Crippen molar-refractivity contribution in [2.24, 2.45) is 5.73 Å². The number of amides is 1. The minimum atomic E-state index is -1.82. The fourth-order valence-electron chi connectivity index (χ4n) is 3.57. The van der Waals surface area contributed by atoms with Gasteiger partial charge in [0.05, 0.1) is 19.3 Å². The largest absolute Gasteiger partial charge is 0.480 e. The quantitative estimate of drug-likeness (QED) is 0.148. The summed E-state index contributed by atoms with van der Waals surface area (Å²) >= 11 is 0. The monoisotopic (exact) mass is 484 g/mol. The lowest BCUT2D eigenvalue weighted by atomic mass is 9.95. The Labute approximate surface area is 188 Å². The number of aliphatic hydroxyl groups is 6. The van der Waals surface area contributed by atoms with E-state index in [1.807, 2.05) is 0 Å². The Kier molecular flexibility index (Phi) is 9.89. The van der Waals surface area contributed by atoms with Gasteiger partial charge >= 0.3 is 5.97 Å². The highest BCUT2D eigenvalue weighted by Gasteiger charge is 2.52. The number of nitrogens with one attached hydrogen (secondary N) is 1. The Morgan fingerprint density at radius 3 is 2.03 bits per heavy atom. The molecule has 33 heavy (non-hydrogen) atoms. The van der Waals surface area contributed by atoms with E-state index < -0.39 is 98.6 Å². The average molecular weight is 484 g/mol. The maximum absolute atomic E-state index is 11.8. The molecule has 0 aromatic heterocycles. The molecule has 2 aliphatic heterocycles. The Morgan fingerprint density at radius 1 is 0.970 bits per heavy atom. The van der Waals surface area contributed by atoms with E-state index in [9.17, 15) is 40.2 Å². The maximum Gasteiger partial charge on any atom is 0.323 e. The molecule has 0 aliphatic carbocycles. The second-order valence-corrected chi connectivity index (χ2v) is 7.95. The zero-order chi connectivity index (χ0) is 25.0. The van der Waals surface area contributed by atoms with E-state index in [4.69, 9.17) is 29.8 Å². The van der Waals surface area contributed by atoms with Crippen LogP contribution in [0.4, 0.5) is 0 Å². The third kappa shape index (κ3) is 6.34. The van der Waals surface area contributed by atoms with Gasteiger partial charge in [-0.3, -0.25) is 9.59 Å². The van der Waals surface area contributed by atoms with Crippen LogP contribution in [0.5, 0.6) is 0 Å². The summed E-state index contributed by atoms with van der Waals surface area (Å²) in [7, 11) is 0. The second kappa shape index (κ2) is 11.8. The van der Waals surface area contributed by atoms with Gasteiger partial charge in [-0.15, -0.1) is 0 Å². The zero-order valence-corrected chi connectivity index (χ0v) is 18.0. The minimum Gasteiger partial charge on any atom is -0.480 e. The van der Waals surface area contributed by atoms with E-state index >= 15 is 0 Å². The molecule has 0 saturated carbocycles. The molecule has 0 aromatic rings. The topological polar surface area (TPSA) is 251 Å². The Hall–Kier alpha value is -1.50. The third-order valence-corrected chi connectivity index (χ3v) is 5.50. The predicted molar refractivity (Wildman–Crippen MR) is 104 cm³/mol. The first-order chi connectivity index (χ1) is 15.4. The Balaban J connectivity index is 2.32. The molecule has 2 aliphatic rings. The molecule has 15 nitrogen and oxygen atoms in total. The lowest BCUT2D eigenvalue weighted by molar-refractivity contribution is -0.347. The number of rotatable bonds is 9. The van der Waals surface area contributed by atoms with E-state index in [0.717, 1.165) is 6.92 Å². The number of carboxylic acid groups (broad SMARTS) is 1. The lowest BCUT2D eigenvalue weighted by Crippen LogP contribution is -2.68. The molecule has 0 unspecified atom stereocenters. The highest BCUT2D eigenvalue weighted by atomic mass is 16.7. The van der Waals surface area contributed by atoms with E-state index in [2.05, 4.69) is 5.32 Å². The Bertz CT molecular complexity index is 667. The molecular weight excluding hydrogens is 452 g/mol. The van der Waals surface area contributed by atoms with E-state index in [-0.39, 0.29) is 0 Å². The van der Waals surface area contributed by atoms with Gasteiger partial charge in [0.25, 0.3) is 0 Å².